The zero-order chi connectivity index (χ0) is 25.5. The Balaban J connectivity index is -0.000000379. The highest BCUT2D eigenvalue weighted by Gasteiger charge is 2.04. The second-order valence-electron chi connectivity index (χ2n) is 5.65. The molecule has 0 radical (unpaired) electrons. The maximum atomic E-state index is 10.3. The average molecular weight is 466 g/mol. The van der Waals surface area contributed by atoms with Gasteiger partial charge in [-0.05, 0) is 37.1 Å². The summed E-state index contributed by atoms with van der Waals surface area (Å²) in [4.78, 5) is 40.5. The number of carbonyl (C=O) groups is 4. The average Bonchev–Trinajstić information content (AvgIpc) is 2.77. The van der Waals surface area contributed by atoms with Crippen molar-refractivity contribution in [2.45, 2.75) is 31.8 Å². The van der Waals surface area contributed by atoms with Crippen molar-refractivity contribution in [1.82, 2.24) is 0 Å². The van der Waals surface area contributed by atoms with Gasteiger partial charge in [-0.25, -0.2) is 9.59 Å². The molecule has 0 amide bonds. The number of hydrogen-bond donors (Lipinski definition) is 9. The summed E-state index contributed by atoms with van der Waals surface area (Å²) >= 11 is 0. The van der Waals surface area contributed by atoms with Gasteiger partial charge in [0.2, 0.25) is 0 Å². The summed E-state index contributed by atoms with van der Waals surface area (Å²) in [6.07, 6.45) is 0.0640. The lowest BCUT2D eigenvalue weighted by molar-refractivity contribution is -0.139. The van der Waals surface area contributed by atoms with Crippen molar-refractivity contribution in [3.05, 3.63) is 35.4 Å². The lowest BCUT2D eigenvalue weighted by Crippen LogP contribution is -2.15. The monoisotopic (exact) mass is 466 g/mol. The van der Waals surface area contributed by atoms with E-state index >= 15 is 0 Å². The first-order chi connectivity index (χ1) is 15.0. The molecular formula is C19H30O13. The number of carboxylic acids is 4. The molecule has 9 N–H and O–H groups in total. The van der Waals surface area contributed by atoms with Crippen LogP contribution >= 0.6 is 0 Å². The number of aliphatic hydroxyl groups excluding tert-OH is 5. The number of unbranched alkanes of at least 4 members (excludes halogenated alkanes) is 1. The number of rotatable bonds is 10. The standard InChI is InChI=1S/C8H6O4.C6H10O4.C3H8O3.C2H6O2/c9-7(10)5-1-2-6(4-3-5)8(11)12;7-5(8)3-1-2-4-6(9)10;4-1-3(6)2-5;3-1-2-4/h1-4H,(H,9,10)(H,11,12);1-4H2,(H,7,8)(H,9,10);3-6H,1-2H2;3-4H,1-2H2. The molecule has 1 aromatic carbocycles. The Kier molecular flexibility index (Phi) is 23.7. The van der Waals surface area contributed by atoms with E-state index in [1.807, 2.05) is 0 Å². The van der Waals surface area contributed by atoms with E-state index in [1.165, 1.54) is 24.3 Å². The normalized spacial score (nSPS) is 9.19. The lowest BCUT2D eigenvalue weighted by atomic mass is 10.1. The van der Waals surface area contributed by atoms with Gasteiger partial charge in [0.15, 0.2) is 0 Å². The molecule has 0 spiro atoms. The highest BCUT2D eigenvalue weighted by molar-refractivity contribution is 5.91. The van der Waals surface area contributed by atoms with E-state index in [4.69, 9.17) is 46.0 Å². The van der Waals surface area contributed by atoms with Gasteiger partial charge in [-0.15, -0.1) is 0 Å². The summed E-state index contributed by atoms with van der Waals surface area (Å²) in [7, 11) is 0. The van der Waals surface area contributed by atoms with Gasteiger partial charge in [0.05, 0.1) is 37.6 Å². The van der Waals surface area contributed by atoms with E-state index < -0.39 is 30.0 Å². The van der Waals surface area contributed by atoms with Crippen LogP contribution in [-0.2, 0) is 9.59 Å². The van der Waals surface area contributed by atoms with Crippen LogP contribution in [0.5, 0.6) is 0 Å². The first-order valence-electron chi connectivity index (χ1n) is 9.08. The molecule has 0 aliphatic heterocycles. The van der Waals surface area contributed by atoms with Crippen molar-refractivity contribution >= 4 is 23.9 Å². The van der Waals surface area contributed by atoms with E-state index in [1.54, 1.807) is 0 Å². The first kappa shape index (κ1) is 33.5. The van der Waals surface area contributed by atoms with Gasteiger partial charge < -0.3 is 46.0 Å². The number of hydrogen-bond acceptors (Lipinski definition) is 9. The Morgan fingerprint density at radius 2 is 0.906 bits per heavy atom. The topological polar surface area (TPSA) is 250 Å². The van der Waals surface area contributed by atoms with Gasteiger partial charge in [0, 0.05) is 12.8 Å². The zero-order valence-corrected chi connectivity index (χ0v) is 17.2. The predicted octanol–water partition coefficient (Wildman–Crippen LogP) is -0.898. The summed E-state index contributed by atoms with van der Waals surface area (Å²) in [6, 6.07) is 5.02. The van der Waals surface area contributed by atoms with Crippen LogP contribution in [0.2, 0.25) is 0 Å². The van der Waals surface area contributed by atoms with Gasteiger partial charge in [0.25, 0.3) is 0 Å². The van der Waals surface area contributed by atoms with Gasteiger partial charge in [0.1, 0.15) is 6.10 Å². The van der Waals surface area contributed by atoms with Gasteiger partial charge in [-0.2, -0.15) is 0 Å². The van der Waals surface area contributed by atoms with Crippen molar-refractivity contribution in [1.29, 1.82) is 0 Å². The molecule has 13 heteroatoms. The number of benzene rings is 1. The third-order valence-corrected chi connectivity index (χ3v) is 2.93. The SMILES string of the molecule is O=C(O)CCCCC(=O)O.O=C(O)c1ccc(C(=O)O)cc1.OCC(O)CO.OCCO. The molecule has 0 aromatic heterocycles. The van der Waals surface area contributed by atoms with Crippen LogP contribution in [-0.4, -0.2) is 102 Å². The highest BCUT2D eigenvalue weighted by Crippen LogP contribution is 2.03. The minimum absolute atomic E-state index is 0.0628. The lowest BCUT2D eigenvalue weighted by Gasteiger charge is -1.96. The third kappa shape index (κ3) is 24.9. The number of aromatic carboxylic acids is 2. The molecule has 0 atom stereocenters. The number of aliphatic carboxylic acids is 2. The van der Waals surface area contributed by atoms with Gasteiger partial charge in [-0.3, -0.25) is 9.59 Å². The molecule has 13 nitrogen and oxygen atoms in total. The molecule has 0 aliphatic rings. The highest BCUT2D eigenvalue weighted by atomic mass is 16.4. The predicted molar refractivity (Wildman–Crippen MR) is 108 cm³/mol. The molecule has 0 aliphatic carbocycles. The van der Waals surface area contributed by atoms with E-state index in [0.717, 1.165) is 0 Å². The quantitative estimate of drug-likeness (QED) is 0.190. The van der Waals surface area contributed by atoms with Crippen molar-refractivity contribution in [2.24, 2.45) is 0 Å². The van der Waals surface area contributed by atoms with Crippen molar-refractivity contribution < 1.29 is 65.1 Å². The van der Waals surface area contributed by atoms with Crippen LogP contribution < -0.4 is 0 Å². The van der Waals surface area contributed by atoms with Crippen LogP contribution in [0.25, 0.3) is 0 Å². The van der Waals surface area contributed by atoms with Crippen LogP contribution in [0, 0.1) is 0 Å². The fourth-order valence-electron chi connectivity index (χ4n) is 1.37. The molecule has 1 aromatic rings. The smallest absolute Gasteiger partial charge is 0.335 e. The van der Waals surface area contributed by atoms with E-state index in [9.17, 15) is 19.2 Å². The molecule has 1 rings (SSSR count). The fourth-order valence-corrected chi connectivity index (χ4v) is 1.37. The van der Waals surface area contributed by atoms with Crippen LogP contribution in [0.15, 0.2) is 24.3 Å². The summed E-state index contributed by atoms with van der Waals surface area (Å²) in [5.74, 6) is -3.87. The summed E-state index contributed by atoms with van der Waals surface area (Å²) in [6.45, 7) is -0.979. The Labute approximate surface area is 183 Å². The number of aliphatic hydroxyl groups is 5. The molecule has 0 bridgehead atoms. The molecule has 32 heavy (non-hydrogen) atoms. The fraction of sp³-hybridized carbons (Fsp3) is 0.474. The minimum Gasteiger partial charge on any atom is -0.481 e. The first-order valence-corrected chi connectivity index (χ1v) is 9.08. The minimum atomic E-state index is -1.06. The number of carboxylic acid groups (broad SMARTS) is 4. The zero-order valence-electron chi connectivity index (χ0n) is 17.2. The second-order valence-corrected chi connectivity index (χ2v) is 5.65. The molecule has 184 valence electrons. The Morgan fingerprint density at radius 1 is 0.625 bits per heavy atom. The summed E-state index contributed by atoms with van der Waals surface area (Å²) in [5.41, 5.74) is 0.167. The van der Waals surface area contributed by atoms with Crippen molar-refractivity contribution in [3.8, 4) is 0 Å². The Bertz CT molecular complexity index is 588. The van der Waals surface area contributed by atoms with Crippen LogP contribution in [0.3, 0.4) is 0 Å². The maximum Gasteiger partial charge on any atom is 0.335 e. The molecular weight excluding hydrogens is 436 g/mol. The van der Waals surface area contributed by atoms with Gasteiger partial charge >= 0.3 is 23.9 Å². The van der Waals surface area contributed by atoms with Gasteiger partial charge in [-0.1, -0.05) is 0 Å². The van der Waals surface area contributed by atoms with E-state index in [2.05, 4.69) is 0 Å². The van der Waals surface area contributed by atoms with Crippen LogP contribution in [0.1, 0.15) is 46.4 Å². The second kappa shape index (κ2) is 22.6. The van der Waals surface area contributed by atoms with E-state index in [0.29, 0.717) is 12.8 Å². The Hall–Kier alpha value is -3.10. The summed E-state index contributed by atoms with van der Waals surface area (Å²) < 4.78 is 0. The molecule has 0 heterocycles. The summed E-state index contributed by atoms with van der Waals surface area (Å²) in [5, 5.41) is 72.5. The van der Waals surface area contributed by atoms with Crippen molar-refractivity contribution in [3.63, 3.8) is 0 Å². The third-order valence-electron chi connectivity index (χ3n) is 2.93. The molecule has 0 unspecified atom stereocenters. The van der Waals surface area contributed by atoms with Crippen LogP contribution in [0.4, 0.5) is 0 Å². The molecule has 0 saturated heterocycles. The molecule has 0 fully saturated rings. The Morgan fingerprint density at radius 3 is 1.03 bits per heavy atom. The molecule has 0 saturated carbocycles. The largest absolute Gasteiger partial charge is 0.481 e. The maximum absolute atomic E-state index is 10.3. The van der Waals surface area contributed by atoms with E-state index in [-0.39, 0.29) is 50.4 Å². The van der Waals surface area contributed by atoms with Crippen molar-refractivity contribution in [2.75, 3.05) is 26.4 Å².